The maximum atomic E-state index is 12.8. The third kappa shape index (κ3) is 6.20. The molecule has 0 aromatic heterocycles. The van der Waals surface area contributed by atoms with Crippen LogP contribution in [0.2, 0.25) is 0 Å². The van der Waals surface area contributed by atoms with Crippen LogP contribution in [0.1, 0.15) is 0 Å². The second kappa shape index (κ2) is 9.62. The van der Waals surface area contributed by atoms with Gasteiger partial charge in [-0.15, -0.1) is 0 Å². The fourth-order valence-electron chi connectivity index (χ4n) is 2.26. The molecule has 2 aromatic carbocycles. The van der Waals surface area contributed by atoms with Crippen LogP contribution in [0.3, 0.4) is 0 Å². The molecule has 5 N–H and O–H groups in total. The van der Waals surface area contributed by atoms with E-state index in [1.165, 1.54) is 19.2 Å². The summed E-state index contributed by atoms with van der Waals surface area (Å²) in [5.74, 6) is -1.78. The summed E-state index contributed by atoms with van der Waals surface area (Å²) < 4.78 is 42.8. The molecule has 0 bridgehead atoms. The number of sulfonamides is 1. The maximum absolute atomic E-state index is 12.8. The Kier molecular flexibility index (Phi) is 7.20. The van der Waals surface area contributed by atoms with Crippen molar-refractivity contribution in [3.8, 4) is 17.2 Å². The van der Waals surface area contributed by atoms with Crippen LogP contribution in [0.5, 0.6) is 17.2 Å². The van der Waals surface area contributed by atoms with E-state index in [9.17, 15) is 28.1 Å². The molecular formula is C17H18N4O9S. The summed E-state index contributed by atoms with van der Waals surface area (Å²) in [6.45, 7) is -1.14. The number of nitrogens with two attached hydrogens (primary N) is 2. The third-order valence-corrected chi connectivity index (χ3v) is 4.97. The monoisotopic (exact) mass is 454 g/mol. The number of nitrogens with zero attached hydrogens (tertiary/aromatic N) is 1. The minimum absolute atomic E-state index is 0.0746. The molecule has 166 valence electrons. The normalized spacial score (nSPS) is 10.7. The van der Waals surface area contributed by atoms with E-state index in [1.807, 2.05) is 0 Å². The molecular weight excluding hydrogens is 436 g/mol. The van der Waals surface area contributed by atoms with E-state index >= 15 is 0 Å². The molecule has 13 nitrogen and oxygen atoms in total. The predicted molar refractivity (Wildman–Crippen MR) is 106 cm³/mol. The van der Waals surface area contributed by atoms with Crippen LogP contribution < -0.4 is 30.4 Å². The smallest absolute Gasteiger partial charge is 0.297 e. The van der Waals surface area contributed by atoms with Gasteiger partial charge in [0.05, 0.1) is 23.0 Å². The van der Waals surface area contributed by atoms with E-state index < -0.39 is 45.7 Å². The summed E-state index contributed by atoms with van der Waals surface area (Å²) in [6, 6.07) is 6.83. The number of hydrogen-bond donors (Lipinski definition) is 3. The Morgan fingerprint density at radius 1 is 1.03 bits per heavy atom. The Morgan fingerprint density at radius 3 is 2.19 bits per heavy atom. The summed E-state index contributed by atoms with van der Waals surface area (Å²) in [7, 11) is -3.03. The first kappa shape index (κ1) is 23.2. The number of primary amides is 2. The van der Waals surface area contributed by atoms with Crippen molar-refractivity contribution in [2.75, 3.05) is 25.0 Å². The first-order valence-electron chi connectivity index (χ1n) is 8.35. The molecule has 0 unspecified atom stereocenters. The molecule has 0 fully saturated rings. The molecule has 0 saturated carbocycles. The van der Waals surface area contributed by atoms with Crippen LogP contribution in [0, 0.1) is 10.1 Å². The summed E-state index contributed by atoms with van der Waals surface area (Å²) in [5.41, 5.74) is 9.19. The van der Waals surface area contributed by atoms with Crippen molar-refractivity contribution in [1.29, 1.82) is 0 Å². The zero-order chi connectivity index (χ0) is 23.2. The number of carbonyl (C=O) groups excluding carboxylic acids is 2. The lowest BCUT2D eigenvalue weighted by atomic mass is 10.2. The molecule has 0 heterocycles. The van der Waals surface area contributed by atoms with Crippen LogP contribution in [-0.4, -0.2) is 45.5 Å². The molecule has 2 aromatic rings. The average molecular weight is 454 g/mol. The minimum atomic E-state index is -4.34. The van der Waals surface area contributed by atoms with Crippen LogP contribution in [0.15, 0.2) is 41.3 Å². The quantitative estimate of drug-likeness (QED) is 0.311. The lowest BCUT2D eigenvalue weighted by molar-refractivity contribution is -0.384. The molecule has 0 aliphatic carbocycles. The van der Waals surface area contributed by atoms with Crippen molar-refractivity contribution in [2.24, 2.45) is 11.5 Å². The second-order valence-electron chi connectivity index (χ2n) is 5.86. The Bertz CT molecular complexity index is 1120. The molecule has 2 amide bonds. The summed E-state index contributed by atoms with van der Waals surface area (Å²) in [4.78, 5) is 32.1. The van der Waals surface area contributed by atoms with Gasteiger partial charge in [-0.05, 0) is 24.3 Å². The highest BCUT2D eigenvalue weighted by Gasteiger charge is 2.23. The number of nitro benzene ring substituents is 1. The van der Waals surface area contributed by atoms with Gasteiger partial charge in [-0.25, -0.2) is 8.42 Å². The van der Waals surface area contributed by atoms with Gasteiger partial charge in [0.15, 0.2) is 24.7 Å². The number of hydrogen-bond acceptors (Lipinski definition) is 9. The Hall–Kier alpha value is -4.07. The van der Waals surface area contributed by atoms with Gasteiger partial charge in [-0.2, -0.15) is 0 Å². The molecule has 0 atom stereocenters. The number of rotatable bonds is 11. The van der Waals surface area contributed by atoms with Crippen LogP contribution in [0.4, 0.5) is 11.4 Å². The van der Waals surface area contributed by atoms with Gasteiger partial charge in [0.25, 0.3) is 27.5 Å². The molecule has 14 heteroatoms. The van der Waals surface area contributed by atoms with Crippen LogP contribution in [0.25, 0.3) is 0 Å². The molecule has 0 aliphatic heterocycles. The maximum Gasteiger partial charge on any atom is 0.297 e. The molecule has 0 saturated heterocycles. The van der Waals surface area contributed by atoms with E-state index in [4.69, 9.17) is 25.7 Å². The highest BCUT2D eigenvalue weighted by atomic mass is 32.2. The van der Waals surface area contributed by atoms with Crippen molar-refractivity contribution in [3.63, 3.8) is 0 Å². The van der Waals surface area contributed by atoms with Crippen molar-refractivity contribution in [1.82, 2.24) is 0 Å². The fraction of sp³-hybridized carbons (Fsp3) is 0.176. The lowest BCUT2D eigenvalue weighted by Gasteiger charge is -2.14. The Balaban J connectivity index is 2.41. The molecule has 2 rings (SSSR count). The van der Waals surface area contributed by atoms with Gasteiger partial charge in [0.2, 0.25) is 0 Å². The van der Waals surface area contributed by atoms with E-state index in [1.54, 1.807) is 0 Å². The van der Waals surface area contributed by atoms with Gasteiger partial charge < -0.3 is 25.7 Å². The standard InChI is InChI=1S/C17H18N4O9S/c1-28-10-2-4-12(13(6-10)21(24)25)20-31(26,27)11-3-5-14(29-8-16(18)22)15(7-11)30-9-17(19)23/h2-7,20H,8-9H2,1H3,(H2,18,22)(H2,19,23). The Labute approximate surface area is 176 Å². The summed E-state index contributed by atoms with van der Waals surface area (Å²) in [6.07, 6.45) is 0. The van der Waals surface area contributed by atoms with Crippen molar-refractivity contribution >= 4 is 33.2 Å². The fourth-order valence-corrected chi connectivity index (χ4v) is 3.35. The zero-order valence-electron chi connectivity index (χ0n) is 16.1. The van der Waals surface area contributed by atoms with Crippen molar-refractivity contribution < 1.29 is 37.1 Å². The van der Waals surface area contributed by atoms with Crippen LogP contribution >= 0.6 is 0 Å². The number of anilines is 1. The first-order valence-corrected chi connectivity index (χ1v) is 9.83. The SMILES string of the molecule is COc1ccc(NS(=O)(=O)c2ccc(OCC(N)=O)c(OCC(N)=O)c2)c([N+](=O)[O-])c1. The third-order valence-electron chi connectivity index (χ3n) is 3.61. The number of nitro groups is 1. The van der Waals surface area contributed by atoms with Crippen molar-refractivity contribution in [2.45, 2.75) is 4.90 Å². The summed E-state index contributed by atoms with van der Waals surface area (Å²) in [5, 5.41) is 11.3. The zero-order valence-corrected chi connectivity index (χ0v) is 16.9. The van der Waals surface area contributed by atoms with E-state index in [2.05, 4.69) is 4.72 Å². The second-order valence-corrected chi connectivity index (χ2v) is 7.55. The number of carbonyl (C=O) groups is 2. The lowest BCUT2D eigenvalue weighted by Crippen LogP contribution is -2.22. The molecule has 0 aliphatic rings. The number of methoxy groups -OCH3 is 1. The van der Waals surface area contributed by atoms with E-state index in [0.29, 0.717) is 0 Å². The highest BCUT2D eigenvalue weighted by Crippen LogP contribution is 2.33. The number of nitrogens with one attached hydrogen (secondary N) is 1. The van der Waals surface area contributed by atoms with Crippen molar-refractivity contribution in [3.05, 3.63) is 46.5 Å². The van der Waals surface area contributed by atoms with Gasteiger partial charge in [0, 0.05) is 6.07 Å². The minimum Gasteiger partial charge on any atom is -0.496 e. The predicted octanol–water partition coefficient (Wildman–Crippen LogP) is 0.132. The number of amides is 2. The van der Waals surface area contributed by atoms with E-state index in [0.717, 1.165) is 24.3 Å². The number of benzene rings is 2. The van der Waals surface area contributed by atoms with Gasteiger partial charge in [-0.3, -0.25) is 24.4 Å². The van der Waals surface area contributed by atoms with E-state index in [-0.39, 0.29) is 27.8 Å². The molecule has 31 heavy (non-hydrogen) atoms. The average Bonchev–Trinajstić information content (AvgIpc) is 2.70. The highest BCUT2D eigenvalue weighted by molar-refractivity contribution is 7.92. The molecule has 0 radical (unpaired) electrons. The van der Waals surface area contributed by atoms with Gasteiger partial charge in [0.1, 0.15) is 11.4 Å². The topological polar surface area (TPSA) is 203 Å². The first-order chi connectivity index (χ1) is 14.5. The van der Waals surface area contributed by atoms with Gasteiger partial charge in [-0.1, -0.05) is 0 Å². The van der Waals surface area contributed by atoms with Gasteiger partial charge >= 0.3 is 0 Å². The molecule has 0 spiro atoms. The van der Waals surface area contributed by atoms with Crippen LogP contribution in [-0.2, 0) is 19.6 Å². The largest absolute Gasteiger partial charge is 0.496 e. The Morgan fingerprint density at radius 2 is 1.65 bits per heavy atom. The number of ether oxygens (including phenoxy) is 3. The summed E-state index contributed by atoms with van der Waals surface area (Å²) >= 11 is 0.